The van der Waals surface area contributed by atoms with E-state index in [-0.39, 0.29) is 5.60 Å². The number of hydrogen-bond acceptors (Lipinski definition) is 3. The number of methoxy groups -OCH3 is 1. The molecular weight excluding hydrogens is 142 g/mol. The standard InChI is InChI=1S/C8H17NO2/c1-8(2,10-3)7-6-11-5-4-9-7/h7,9H,4-6H2,1-3H3. The quantitative estimate of drug-likeness (QED) is 0.632. The van der Waals surface area contributed by atoms with Gasteiger partial charge in [0.1, 0.15) is 0 Å². The summed E-state index contributed by atoms with van der Waals surface area (Å²) in [5, 5.41) is 3.36. The van der Waals surface area contributed by atoms with Gasteiger partial charge < -0.3 is 14.8 Å². The third kappa shape index (κ3) is 2.15. The average molecular weight is 159 g/mol. The van der Waals surface area contributed by atoms with Crippen LogP contribution in [0.4, 0.5) is 0 Å². The highest BCUT2D eigenvalue weighted by Gasteiger charge is 2.30. The normalized spacial score (nSPS) is 27.0. The molecule has 1 unspecified atom stereocenters. The molecule has 0 aromatic carbocycles. The molecule has 0 saturated carbocycles. The van der Waals surface area contributed by atoms with Crippen molar-refractivity contribution in [2.24, 2.45) is 0 Å². The number of hydrogen-bond donors (Lipinski definition) is 1. The van der Waals surface area contributed by atoms with Gasteiger partial charge in [-0.2, -0.15) is 0 Å². The molecule has 1 saturated heterocycles. The van der Waals surface area contributed by atoms with Crippen LogP contribution in [0, 0.1) is 0 Å². The fourth-order valence-corrected chi connectivity index (χ4v) is 1.15. The van der Waals surface area contributed by atoms with E-state index < -0.39 is 0 Å². The summed E-state index contributed by atoms with van der Waals surface area (Å²) in [6, 6.07) is 0.321. The van der Waals surface area contributed by atoms with Crippen molar-refractivity contribution in [2.45, 2.75) is 25.5 Å². The van der Waals surface area contributed by atoms with Crippen LogP contribution in [0.25, 0.3) is 0 Å². The lowest BCUT2D eigenvalue weighted by Gasteiger charge is -2.36. The number of rotatable bonds is 2. The first-order valence-electron chi connectivity index (χ1n) is 4.03. The Morgan fingerprint density at radius 3 is 2.73 bits per heavy atom. The fraction of sp³-hybridized carbons (Fsp3) is 1.00. The predicted octanol–water partition coefficient (Wildman–Crippen LogP) is 0.400. The molecule has 1 aliphatic rings. The maximum Gasteiger partial charge on any atom is 0.0797 e. The SMILES string of the molecule is COC(C)(C)C1COCCN1. The molecule has 0 radical (unpaired) electrons. The Labute approximate surface area is 68.1 Å². The van der Waals surface area contributed by atoms with Crippen molar-refractivity contribution in [3.63, 3.8) is 0 Å². The van der Waals surface area contributed by atoms with Crippen LogP contribution in [0.3, 0.4) is 0 Å². The summed E-state index contributed by atoms with van der Waals surface area (Å²) in [4.78, 5) is 0. The molecule has 0 amide bonds. The summed E-state index contributed by atoms with van der Waals surface area (Å²) >= 11 is 0. The predicted molar refractivity (Wildman–Crippen MR) is 43.7 cm³/mol. The average Bonchev–Trinajstić information content (AvgIpc) is 2.06. The maximum absolute atomic E-state index is 5.33. The maximum atomic E-state index is 5.33. The molecule has 11 heavy (non-hydrogen) atoms. The van der Waals surface area contributed by atoms with Gasteiger partial charge in [0.2, 0.25) is 0 Å². The second-order valence-electron chi connectivity index (χ2n) is 3.39. The minimum Gasteiger partial charge on any atom is -0.378 e. The minimum atomic E-state index is -0.125. The van der Waals surface area contributed by atoms with Crippen LogP contribution in [0.15, 0.2) is 0 Å². The Morgan fingerprint density at radius 2 is 2.27 bits per heavy atom. The molecule has 0 aliphatic carbocycles. The molecular formula is C8H17NO2. The highest BCUT2D eigenvalue weighted by Crippen LogP contribution is 2.15. The van der Waals surface area contributed by atoms with Crippen molar-refractivity contribution in [1.29, 1.82) is 0 Å². The lowest BCUT2D eigenvalue weighted by Crippen LogP contribution is -2.54. The number of ether oxygens (including phenoxy) is 2. The second-order valence-corrected chi connectivity index (χ2v) is 3.39. The van der Waals surface area contributed by atoms with Crippen LogP contribution < -0.4 is 5.32 Å². The van der Waals surface area contributed by atoms with E-state index in [9.17, 15) is 0 Å². The van der Waals surface area contributed by atoms with Crippen LogP contribution >= 0.6 is 0 Å². The number of nitrogens with one attached hydrogen (secondary N) is 1. The van der Waals surface area contributed by atoms with Gasteiger partial charge in [-0.15, -0.1) is 0 Å². The third-order valence-corrected chi connectivity index (χ3v) is 2.29. The molecule has 1 atom stereocenters. The summed E-state index contributed by atoms with van der Waals surface area (Å²) in [6.07, 6.45) is 0. The highest BCUT2D eigenvalue weighted by molar-refractivity contribution is 4.86. The van der Waals surface area contributed by atoms with E-state index in [2.05, 4.69) is 19.2 Å². The van der Waals surface area contributed by atoms with Crippen LogP contribution in [-0.4, -0.2) is 38.5 Å². The van der Waals surface area contributed by atoms with Gasteiger partial charge >= 0.3 is 0 Å². The summed E-state index contributed by atoms with van der Waals surface area (Å²) < 4.78 is 10.7. The van der Waals surface area contributed by atoms with E-state index >= 15 is 0 Å². The Bertz CT molecular complexity index is 119. The van der Waals surface area contributed by atoms with Gasteiger partial charge in [0, 0.05) is 13.7 Å². The van der Waals surface area contributed by atoms with Crippen molar-refractivity contribution < 1.29 is 9.47 Å². The zero-order chi connectivity index (χ0) is 8.32. The van der Waals surface area contributed by atoms with Crippen LogP contribution in [-0.2, 0) is 9.47 Å². The zero-order valence-corrected chi connectivity index (χ0v) is 7.52. The van der Waals surface area contributed by atoms with Gasteiger partial charge in [-0.1, -0.05) is 0 Å². The number of morpholine rings is 1. The van der Waals surface area contributed by atoms with Crippen molar-refractivity contribution in [3.8, 4) is 0 Å². The smallest absolute Gasteiger partial charge is 0.0797 e. The van der Waals surface area contributed by atoms with Crippen molar-refractivity contribution in [3.05, 3.63) is 0 Å². The van der Waals surface area contributed by atoms with Crippen LogP contribution in [0.1, 0.15) is 13.8 Å². The van der Waals surface area contributed by atoms with E-state index in [0.717, 1.165) is 19.8 Å². The first kappa shape index (κ1) is 8.97. The lowest BCUT2D eigenvalue weighted by molar-refractivity contribution is -0.0552. The summed E-state index contributed by atoms with van der Waals surface area (Å²) in [5.74, 6) is 0. The van der Waals surface area contributed by atoms with Gasteiger partial charge in [-0.25, -0.2) is 0 Å². The first-order chi connectivity index (χ1) is 5.17. The van der Waals surface area contributed by atoms with E-state index in [1.807, 2.05) is 0 Å². The Hall–Kier alpha value is -0.120. The summed E-state index contributed by atoms with van der Waals surface area (Å²) in [6.45, 7) is 6.63. The zero-order valence-electron chi connectivity index (χ0n) is 7.52. The van der Waals surface area contributed by atoms with Gasteiger partial charge in [-0.05, 0) is 13.8 Å². The third-order valence-electron chi connectivity index (χ3n) is 2.29. The second kappa shape index (κ2) is 3.52. The highest BCUT2D eigenvalue weighted by atomic mass is 16.5. The molecule has 3 nitrogen and oxygen atoms in total. The van der Waals surface area contributed by atoms with Crippen molar-refractivity contribution >= 4 is 0 Å². The largest absolute Gasteiger partial charge is 0.378 e. The van der Waals surface area contributed by atoms with E-state index in [0.29, 0.717) is 6.04 Å². The van der Waals surface area contributed by atoms with Gasteiger partial charge in [-0.3, -0.25) is 0 Å². The Balaban J connectivity index is 2.43. The molecule has 1 rings (SSSR count). The lowest BCUT2D eigenvalue weighted by atomic mass is 9.99. The summed E-state index contributed by atoms with van der Waals surface area (Å²) in [7, 11) is 1.73. The molecule has 0 spiro atoms. The molecule has 0 aromatic rings. The van der Waals surface area contributed by atoms with Gasteiger partial charge in [0.05, 0.1) is 24.9 Å². The van der Waals surface area contributed by atoms with Crippen LogP contribution in [0.5, 0.6) is 0 Å². The van der Waals surface area contributed by atoms with Gasteiger partial charge in [0.25, 0.3) is 0 Å². The molecule has 66 valence electrons. The Morgan fingerprint density at radius 1 is 1.55 bits per heavy atom. The minimum absolute atomic E-state index is 0.125. The van der Waals surface area contributed by atoms with E-state index in [1.54, 1.807) is 7.11 Å². The topological polar surface area (TPSA) is 30.5 Å². The fourth-order valence-electron chi connectivity index (χ4n) is 1.15. The molecule has 1 N–H and O–H groups in total. The molecule has 0 bridgehead atoms. The Kier molecular flexibility index (Phi) is 2.87. The molecule has 1 heterocycles. The molecule has 1 aliphatic heterocycles. The van der Waals surface area contributed by atoms with Crippen molar-refractivity contribution in [1.82, 2.24) is 5.32 Å². The molecule has 0 aromatic heterocycles. The van der Waals surface area contributed by atoms with E-state index in [4.69, 9.17) is 9.47 Å². The van der Waals surface area contributed by atoms with Crippen LogP contribution in [0.2, 0.25) is 0 Å². The van der Waals surface area contributed by atoms with E-state index in [1.165, 1.54) is 0 Å². The molecule has 1 fully saturated rings. The summed E-state index contributed by atoms with van der Waals surface area (Å²) in [5.41, 5.74) is -0.125. The van der Waals surface area contributed by atoms with Crippen molar-refractivity contribution in [2.75, 3.05) is 26.9 Å². The monoisotopic (exact) mass is 159 g/mol. The first-order valence-corrected chi connectivity index (χ1v) is 4.03. The molecule has 3 heteroatoms. The van der Waals surface area contributed by atoms with Gasteiger partial charge in [0.15, 0.2) is 0 Å².